The van der Waals surface area contributed by atoms with Gasteiger partial charge in [-0.25, -0.2) is 0 Å². The van der Waals surface area contributed by atoms with Gasteiger partial charge in [-0.1, -0.05) is 78.5 Å². The molecule has 0 saturated carbocycles. The molecule has 0 N–H and O–H groups in total. The van der Waals surface area contributed by atoms with E-state index < -0.39 is 0 Å². The van der Waals surface area contributed by atoms with Crippen LogP contribution in [-0.4, -0.2) is 10.2 Å². The fraction of sp³-hybridized carbons (Fsp3) is 0.457. The Morgan fingerprint density at radius 3 is 2.28 bits per heavy atom. The molecule has 2 aromatic carbocycles. The van der Waals surface area contributed by atoms with Crippen molar-refractivity contribution in [1.29, 1.82) is 0 Å². The molecule has 0 aliphatic carbocycles. The lowest BCUT2D eigenvalue weighted by Crippen LogP contribution is -2.60. The van der Waals surface area contributed by atoms with Crippen LogP contribution in [0.3, 0.4) is 0 Å². The third-order valence-corrected chi connectivity index (χ3v) is 9.23. The molecule has 0 radical (unpaired) electrons. The van der Waals surface area contributed by atoms with Crippen molar-refractivity contribution in [2.24, 2.45) is 0 Å². The summed E-state index contributed by atoms with van der Waals surface area (Å²) in [6.07, 6.45) is 10.8. The van der Waals surface area contributed by atoms with Crippen LogP contribution < -0.4 is 4.57 Å². The molecule has 4 heteroatoms. The molecular formula is C35H44N3O+. The topological polar surface area (TPSA) is 42.8 Å². The molecule has 0 bridgehead atoms. The summed E-state index contributed by atoms with van der Waals surface area (Å²) < 4.78 is 8.71. The van der Waals surface area contributed by atoms with Gasteiger partial charge < -0.3 is 4.42 Å². The number of nitrogens with zero attached hydrogens (tertiary/aromatic N) is 3. The van der Waals surface area contributed by atoms with Crippen molar-refractivity contribution in [3.63, 3.8) is 0 Å². The Morgan fingerprint density at radius 1 is 0.872 bits per heavy atom. The summed E-state index contributed by atoms with van der Waals surface area (Å²) in [7, 11) is 0. The van der Waals surface area contributed by atoms with Gasteiger partial charge >= 0.3 is 0 Å². The fourth-order valence-electron chi connectivity index (χ4n) is 6.56. The van der Waals surface area contributed by atoms with Crippen molar-refractivity contribution in [3.8, 4) is 34.2 Å². The Morgan fingerprint density at radius 2 is 1.59 bits per heavy atom. The van der Waals surface area contributed by atoms with Crippen LogP contribution in [0.1, 0.15) is 104 Å². The number of pyridine rings is 1. The lowest BCUT2D eigenvalue weighted by Gasteiger charge is -2.37. The van der Waals surface area contributed by atoms with Crippen LogP contribution in [0.15, 0.2) is 71.3 Å². The van der Waals surface area contributed by atoms with E-state index in [2.05, 4.69) is 123 Å². The van der Waals surface area contributed by atoms with Gasteiger partial charge in [0.25, 0.3) is 0 Å². The van der Waals surface area contributed by atoms with Crippen molar-refractivity contribution in [3.05, 3.63) is 78.0 Å². The second kappa shape index (κ2) is 11.1. The summed E-state index contributed by atoms with van der Waals surface area (Å²) in [5.74, 6) is 1.57. The first-order valence-electron chi connectivity index (χ1n) is 14.9. The highest BCUT2D eigenvalue weighted by atomic mass is 16.4. The van der Waals surface area contributed by atoms with Crippen LogP contribution in [0, 0.1) is 0 Å². The van der Waals surface area contributed by atoms with Gasteiger partial charge in [-0.05, 0) is 59.7 Å². The molecule has 2 atom stereocenters. The van der Waals surface area contributed by atoms with Gasteiger partial charge in [0.1, 0.15) is 0 Å². The Bertz CT molecular complexity index is 1420. The smallest absolute Gasteiger partial charge is 0.248 e. The van der Waals surface area contributed by atoms with E-state index in [1.807, 2.05) is 0 Å². The number of unbranched alkanes of at least 4 members (excludes halogenated alkanes) is 3. The number of benzene rings is 2. The highest BCUT2D eigenvalue weighted by Crippen LogP contribution is 2.45. The van der Waals surface area contributed by atoms with Crippen LogP contribution in [0.5, 0.6) is 0 Å². The fourth-order valence-corrected chi connectivity index (χ4v) is 6.56. The molecule has 1 aliphatic heterocycles. The largest absolute Gasteiger partial charge is 0.416 e. The minimum Gasteiger partial charge on any atom is -0.416 e. The third-order valence-electron chi connectivity index (χ3n) is 9.23. The Kier molecular flexibility index (Phi) is 7.75. The maximum atomic E-state index is 6.24. The number of hydrogen-bond acceptors (Lipinski definition) is 3. The first-order valence-corrected chi connectivity index (χ1v) is 14.9. The second-order valence-corrected chi connectivity index (χ2v) is 12.1. The Labute approximate surface area is 234 Å². The second-order valence-electron chi connectivity index (χ2n) is 12.1. The van der Waals surface area contributed by atoms with E-state index >= 15 is 0 Å². The third kappa shape index (κ3) is 5.06. The van der Waals surface area contributed by atoms with E-state index in [1.165, 1.54) is 54.5 Å². The summed E-state index contributed by atoms with van der Waals surface area (Å²) >= 11 is 0. The van der Waals surface area contributed by atoms with Gasteiger partial charge in [-0.15, -0.1) is 10.2 Å². The molecule has 0 amide bonds. The average molecular weight is 523 g/mol. The summed E-state index contributed by atoms with van der Waals surface area (Å²) in [5.41, 5.74) is 7.40. The molecule has 39 heavy (non-hydrogen) atoms. The summed E-state index contributed by atoms with van der Waals surface area (Å²) in [6, 6.07) is 21.9. The van der Waals surface area contributed by atoms with Gasteiger partial charge in [0.15, 0.2) is 11.7 Å². The van der Waals surface area contributed by atoms with Crippen LogP contribution in [0.2, 0.25) is 0 Å². The lowest BCUT2D eigenvalue weighted by atomic mass is 9.71. The van der Waals surface area contributed by atoms with Crippen LogP contribution >= 0.6 is 0 Å². The zero-order valence-electron chi connectivity index (χ0n) is 24.6. The van der Waals surface area contributed by atoms with E-state index in [4.69, 9.17) is 4.42 Å². The van der Waals surface area contributed by atoms with E-state index in [0.29, 0.717) is 17.7 Å². The minimum atomic E-state index is 0.0494. The zero-order chi connectivity index (χ0) is 27.6. The van der Waals surface area contributed by atoms with Crippen molar-refractivity contribution >= 4 is 0 Å². The van der Waals surface area contributed by atoms with E-state index in [9.17, 15) is 0 Å². The maximum Gasteiger partial charge on any atom is 0.248 e. The van der Waals surface area contributed by atoms with Gasteiger partial charge in [-0.2, -0.15) is 4.57 Å². The molecule has 0 saturated heterocycles. The van der Waals surface area contributed by atoms with Gasteiger partial charge in [-0.3, -0.25) is 0 Å². The van der Waals surface area contributed by atoms with Crippen molar-refractivity contribution in [1.82, 2.24) is 10.2 Å². The standard InChI is InChI=1S/C35H44N3O/c1-7-10-11-13-22-34(4,5)27-19-16-25(17-20-27)32-36-37-33(39-32)26-18-21-28-29(24-26)31-15-12-14-23-38(31)35(6,9-3)30(28)8-2/h12,14-21,23-24,30H,7-11,13,22H2,1-6H3/q+1. The number of hydrogen-bond donors (Lipinski definition) is 0. The van der Waals surface area contributed by atoms with Crippen LogP contribution in [-0.2, 0) is 11.0 Å². The molecule has 3 heterocycles. The van der Waals surface area contributed by atoms with Crippen molar-refractivity contribution < 1.29 is 8.98 Å². The van der Waals surface area contributed by atoms with E-state index in [1.54, 1.807) is 0 Å². The SMILES string of the molecule is CCCCCCC(C)(C)c1ccc(-c2nnc(-c3ccc4c(c3)-c3cccc[n+]3C(C)(CC)C4CC)o2)cc1. The number of aromatic nitrogens is 3. The Balaban J connectivity index is 1.42. The van der Waals surface area contributed by atoms with Gasteiger partial charge in [0, 0.05) is 42.5 Å². The minimum absolute atomic E-state index is 0.0494. The monoisotopic (exact) mass is 522 g/mol. The Hall–Kier alpha value is -3.27. The molecule has 0 fully saturated rings. The summed E-state index contributed by atoms with van der Waals surface area (Å²) in [4.78, 5) is 0. The first kappa shape index (κ1) is 27.3. The first-order chi connectivity index (χ1) is 18.8. The predicted molar refractivity (Wildman–Crippen MR) is 160 cm³/mol. The molecule has 4 nitrogen and oxygen atoms in total. The summed E-state index contributed by atoms with van der Waals surface area (Å²) in [5, 5.41) is 8.88. The maximum absolute atomic E-state index is 6.24. The molecule has 2 aromatic heterocycles. The van der Waals surface area contributed by atoms with Gasteiger partial charge in [0.05, 0.1) is 5.56 Å². The lowest BCUT2D eigenvalue weighted by molar-refractivity contribution is -0.758. The molecule has 4 aromatic rings. The molecule has 1 aliphatic rings. The quantitative estimate of drug-likeness (QED) is 0.154. The van der Waals surface area contributed by atoms with Crippen LogP contribution in [0.25, 0.3) is 34.2 Å². The predicted octanol–water partition coefficient (Wildman–Crippen LogP) is 9.24. The molecule has 5 rings (SSSR count). The van der Waals surface area contributed by atoms with Gasteiger partial charge in [0.2, 0.25) is 17.5 Å². The number of fused-ring (bicyclic) bond motifs is 3. The van der Waals surface area contributed by atoms with Crippen molar-refractivity contribution in [2.45, 2.75) is 103 Å². The van der Waals surface area contributed by atoms with Crippen LogP contribution in [0.4, 0.5) is 0 Å². The normalized spacial score (nSPS) is 18.6. The zero-order valence-corrected chi connectivity index (χ0v) is 24.6. The average Bonchev–Trinajstić information content (AvgIpc) is 3.46. The van der Waals surface area contributed by atoms with E-state index in [0.717, 1.165) is 24.0 Å². The number of rotatable bonds is 10. The van der Waals surface area contributed by atoms with E-state index in [-0.39, 0.29) is 11.0 Å². The molecular weight excluding hydrogens is 478 g/mol. The highest BCUT2D eigenvalue weighted by Gasteiger charge is 2.47. The molecule has 2 unspecified atom stereocenters. The summed E-state index contributed by atoms with van der Waals surface area (Å²) in [6.45, 7) is 13.9. The van der Waals surface area contributed by atoms with Crippen molar-refractivity contribution in [2.75, 3.05) is 0 Å². The molecule has 0 spiro atoms. The molecule has 204 valence electrons. The highest BCUT2D eigenvalue weighted by molar-refractivity contribution is 5.71.